The van der Waals surface area contributed by atoms with Gasteiger partial charge in [-0.25, -0.2) is 0 Å². The van der Waals surface area contributed by atoms with E-state index in [1.54, 1.807) is 0 Å². The highest BCUT2D eigenvalue weighted by molar-refractivity contribution is 6.06. The van der Waals surface area contributed by atoms with E-state index in [9.17, 15) is 0 Å². The molecule has 0 amide bonds. The second kappa shape index (κ2) is 17.6. The lowest BCUT2D eigenvalue weighted by molar-refractivity contribution is 0.669. The normalized spacial score (nSPS) is 12.3. The molecule has 0 atom stereocenters. The Balaban J connectivity index is 0.00000228. The summed E-state index contributed by atoms with van der Waals surface area (Å²) in [5.74, 6) is 0. The summed E-state index contributed by atoms with van der Waals surface area (Å²) in [5.41, 5.74) is 18.3. The van der Waals surface area contributed by atoms with E-state index in [1.165, 1.54) is 57.1 Å². The molecule has 1 heterocycles. The Bertz CT molecular complexity index is 2330. The summed E-state index contributed by atoms with van der Waals surface area (Å²) in [7, 11) is 1.50. The maximum Gasteiger partial charge on any atom is 0.135 e. The van der Waals surface area contributed by atoms with Crippen LogP contribution in [0.15, 0.2) is 204 Å². The second-order valence-electron chi connectivity index (χ2n) is 12.4. The Morgan fingerprint density at radius 2 is 1.12 bits per heavy atom. The van der Waals surface area contributed by atoms with E-state index in [0.29, 0.717) is 0 Å². The number of hydrogen-bond donors (Lipinski definition) is 1. The van der Waals surface area contributed by atoms with Crippen molar-refractivity contribution in [2.45, 2.75) is 20.3 Å². The molecule has 52 heavy (non-hydrogen) atoms. The molecular weight excluding hydrogens is 631 g/mol. The van der Waals surface area contributed by atoms with Crippen molar-refractivity contribution < 1.29 is 4.42 Å². The van der Waals surface area contributed by atoms with Crippen LogP contribution >= 0.6 is 0 Å². The van der Waals surface area contributed by atoms with Gasteiger partial charge in [0.25, 0.3) is 0 Å². The molecule has 0 radical (unpaired) electrons. The van der Waals surface area contributed by atoms with Crippen LogP contribution in [0.4, 0.5) is 0 Å². The van der Waals surface area contributed by atoms with Crippen LogP contribution in [0.25, 0.3) is 60.9 Å². The molecule has 0 aliphatic rings. The summed E-state index contributed by atoms with van der Waals surface area (Å²) in [6, 6.07) is 51.9. The first kappa shape index (κ1) is 35.6. The van der Waals surface area contributed by atoms with Crippen LogP contribution in [0.1, 0.15) is 25.0 Å². The van der Waals surface area contributed by atoms with Crippen molar-refractivity contribution in [2.24, 2.45) is 5.73 Å². The second-order valence-corrected chi connectivity index (χ2v) is 12.4. The molecule has 1 aromatic heterocycles. The highest BCUT2D eigenvalue weighted by atomic mass is 16.3. The summed E-state index contributed by atoms with van der Waals surface area (Å²) < 4.78 is 6.06. The summed E-state index contributed by atoms with van der Waals surface area (Å²) >= 11 is 0. The molecule has 0 aliphatic carbocycles. The maximum atomic E-state index is 6.06. The van der Waals surface area contributed by atoms with Crippen LogP contribution in [-0.4, -0.2) is 7.05 Å². The molecule has 0 spiro atoms. The molecule has 0 fully saturated rings. The van der Waals surface area contributed by atoms with Crippen molar-refractivity contribution in [1.29, 1.82) is 0 Å². The van der Waals surface area contributed by atoms with Gasteiger partial charge in [0.1, 0.15) is 11.2 Å². The molecule has 2 heteroatoms. The Hall–Kier alpha value is -6.22. The van der Waals surface area contributed by atoms with Crippen LogP contribution in [0, 0.1) is 0 Å². The van der Waals surface area contributed by atoms with Gasteiger partial charge in [0.05, 0.1) is 0 Å². The molecule has 7 aromatic rings. The van der Waals surface area contributed by atoms with Crippen molar-refractivity contribution >= 4 is 27.5 Å². The first-order valence-electron chi connectivity index (χ1n) is 17.9. The first-order valence-corrected chi connectivity index (χ1v) is 17.9. The third kappa shape index (κ3) is 8.55. The van der Waals surface area contributed by atoms with Crippen molar-refractivity contribution in [3.8, 4) is 33.4 Å². The zero-order chi connectivity index (χ0) is 36.1. The maximum absolute atomic E-state index is 6.06. The zero-order valence-corrected chi connectivity index (χ0v) is 30.2. The first-order chi connectivity index (χ1) is 25.7. The molecule has 256 valence electrons. The number of allylic oxidation sites excluding steroid dienone is 10. The number of fused-ring (bicyclic) bond motifs is 3. The van der Waals surface area contributed by atoms with Crippen LogP contribution < -0.4 is 5.73 Å². The lowest BCUT2D eigenvalue weighted by Crippen LogP contribution is -1.90. The summed E-state index contributed by atoms with van der Waals surface area (Å²) in [5, 5.41) is 2.30. The molecule has 6 aromatic carbocycles. The van der Waals surface area contributed by atoms with Gasteiger partial charge in [-0.15, -0.1) is 0 Å². The van der Waals surface area contributed by atoms with E-state index in [0.717, 1.165) is 33.9 Å². The number of nitrogens with two attached hydrogens (primary N) is 1. The minimum Gasteiger partial charge on any atom is -0.456 e. The SMILES string of the molecule is CN.C\C=C/C(/C=C\C(=C/Cc1ccc(-c2ccc3oc4ccccc4c3c2)cc1)c1cc(-c2ccccc2)cc(-c2ccccc2)c1)=C\C=C\C. The van der Waals surface area contributed by atoms with Crippen LogP contribution in [0.2, 0.25) is 0 Å². The highest BCUT2D eigenvalue weighted by Crippen LogP contribution is 2.34. The Morgan fingerprint density at radius 1 is 0.519 bits per heavy atom. The lowest BCUT2D eigenvalue weighted by atomic mass is 9.92. The molecule has 0 unspecified atom stereocenters. The fourth-order valence-electron chi connectivity index (χ4n) is 6.39. The van der Waals surface area contributed by atoms with Crippen molar-refractivity contribution in [3.63, 3.8) is 0 Å². The molecule has 0 saturated carbocycles. The largest absolute Gasteiger partial charge is 0.456 e. The number of benzene rings is 6. The van der Waals surface area contributed by atoms with Crippen molar-refractivity contribution in [2.75, 3.05) is 7.05 Å². The number of para-hydroxylation sites is 1. The number of hydrogen-bond acceptors (Lipinski definition) is 2. The minimum absolute atomic E-state index is 0.805. The monoisotopic (exact) mass is 675 g/mol. The van der Waals surface area contributed by atoms with Crippen LogP contribution in [0.5, 0.6) is 0 Å². The van der Waals surface area contributed by atoms with E-state index in [1.807, 2.05) is 19.1 Å². The van der Waals surface area contributed by atoms with Crippen LogP contribution in [-0.2, 0) is 6.42 Å². The fourth-order valence-corrected chi connectivity index (χ4v) is 6.39. The molecular formula is C50H45NO. The Labute approximate surface area is 308 Å². The van der Waals surface area contributed by atoms with E-state index < -0.39 is 0 Å². The van der Waals surface area contributed by atoms with Gasteiger partial charge >= 0.3 is 0 Å². The van der Waals surface area contributed by atoms with E-state index in [2.05, 4.69) is 195 Å². The third-order valence-electron chi connectivity index (χ3n) is 9.00. The van der Waals surface area contributed by atoms with Gasteiger partial charge in [-0.1, -0.05) is 158 Å². The van der Waals surface area contributed by atoms with E-state index in [-0.39, 0.29) is 0 Å². The third-order valence-corrected chi connectivity index (χ3v) is 9.00. The number of furan rings is 1. The summed E-state index contributed by atoms with van der Waals surface area (Å²) in [6.45, 7) is 4.10. The standard InChI is InChI=1S/C49H40O.CH5N/c1-3-5-15-36(14-4-2)22-28-41(45-33-43(38-16-8-6-9-17-38)32-44(34-45)39-18-10-7-11-19-39)29-25-37-23-26-40(27-24-37)42-30-31-49-47(35-42)46-20-12-13-21-48(46)50-49;1-2/h3-24,26-35H,25H2,1-2H3;2H2,1H3/b5-3+,14-4-,28-22-,36-15+,41-29+;. The molecule has 0 bridgehead atoms. The minimum atomic E-state index is 0.805. The fraction of sp³-hybridized carbons (Fsp3) is 0.0800. The quantitative estimate of drug-likeness (QED) is 0.147. The predicted octanol–water partition coefficient (Wildman–Crippen LogP) is 13.4. The average molecular weight is 676 g/mol. The van der Waals surface area contributed by atoms with Crippen LogP contribution in [0.3, 0.4) is 0 Å². The number of rotatable bonds is 10. The Morgan fingerprint density at radius 3 is 1.77 bits per heavy atom. The van der Waals surface area contributed by atoms with Crippen molar-refractivity contribution in [1.82, 2.24) is 0 Å². The molecule has 0 saturated heterocycles. The van der Waals surface area contributed by atoms with Gasteiger partial charge in [0.2, 0.25) is 0 Å². The van der Waals surface area contributed by atoms with Gasteiger partial charge in [-0.2, -0.15) is 0 Å². The summed E-state index contributed by atoms with van der Waals surface area (Å²) in [4.78, 5) is 0. The van der Waals surface area contributed by atoms with Gasteiger partial charge < -0.3 is 10.2 Å². The Kier molecular flexibility index (Phi) is 12.1. The zero-order valence-electron chi connectivity index (χ0n) is 30.2. The average Bonchev–Trinajstić information content (AvgIpc) is 3.59. The van der Waals surface area contributed by atoms with Gasteiger partial charge in [-0.3, -0.25) is 0 Å². The highest BCUT2D eigenvalue weighted by Gasteiger charge is 2.10. The molecule has 0 aliphatic heterocycles. The summed E-state index contributed by atoms with van der Waals surface area (Å²) in [6.07, 6.45) is 18.1. The van der Waals surface area contributed by atoms with Gasteiger partial charge in [-0.05, 0) is 119 Å². The molecule has 7 rings (SSSR count). The topological polar surface area (TPSA) is 39.2 Å². The molecule has 2 nitrogen and oxygen atoms in total. The van der Waals surface area contributed by atoms with Gasteiger partial charge in [0.15, 0.2) is 0 Å². The van der Waals surface area contributed by atoms with Crippen molar-refractivity contribution in [3.05, 3.63) is 211 Å². The van der Waals surface area contributed by atoms with Gasteiger partial charge in [0, 0.05) is 10.8 Å². The van der Waals surface area contributed by atoms with E-state index >= 15 is 0 Å². The smallest absolute Gasteiger partial charge is 0.135 e. The predicted molar refractivity (Wildman–Crippen MR) is 225 cm³/mol. The molecule has 2 N–H and O–H groups in total. The lowest BCUT2D eigenvalue weighted by Gasteiger charge is -2.13. The van der Waals surface area contributed by atoms with E-state index in [4.69, 9.17) is 4.42 Å².